The Labute approximate surface area is 54.1 Å². The predicted octanol–water partition coefficient (Wildman–Crippen LogP) is 0.917. The lowest BCUT2D eigenvalue weighted by molar-refractivity contribution is 0.425. The van der Waals surface area contributed by atoms with Crippen molar-refractivity contribution in [3.8, 4) is 0 Å². The molecule has 0 amide bonds. The second-order valence-electron chi connectivity index (χ2n) is 3.30. The van der Waals surface area contributed by atoms with Crippen molar-refractivity contribution in [3.63, 3.8) is 0 Å². The third kappa shape index (κ3) is 1.97. The topological polar surface area (TPSA) is 20.2 Å². The van der Waals surface area contributed by atoms with Crippen molar-refractivity contribution in [1.82, 2.24) is 0 Å². The van der Waals surface area contributed by atoms with E-state index in [0.717, 1.165) is 0 Å². The average molecular weight is 132 g/mol. The van der Waals surface area contributed by atoms with Crippen LogP contribution in [0.3, 0.4) is 0 Å². The molecule has 2 heteroatoms. The molecule has 0 aromatic carbocycles. The van der Waals surface area contributed by atoms with E-state index in [4.69, 9.17) is 4.80 Å². The van der Waals surface area contributed by atoms with Crippen LogP contribution in [0.25, 0.3) is 0 Å². The van der Waals surface area contributed by atoms with Crippen molar-refractivity contribution in [3.05, 3.63) is 0 Å². The van der Waals surface area contributed by atoms with Gasteiger partial charge >= 0.3 is 0 Å². The zero-order chi connectivity index (χ0) is 6.78. The van der Waals surface area contributed by atoms with Gasteiger partial charge in [0, 0.05) is 0 Å². The van der Waals surface area contributed by atoms with Crippen molar-refractivity contribution < 1.29 is 4.80 Å². The summed E-state index contributed by atoms with van der Waals surface area (Å²) >= 11 is 0. The van der Waals surface area contributed by atoms with E-state index in [2.05, 4.69) is 27.7 Å². The molecule has 0 radical (unpaired) electrons. The van der Waals surface area contributed by atoms with Crippen LogP contribution < -0.4 is 0 Å². The van der Waals surface area contributed by atoms with Crippen LogP contribution >= 0.6 is 0 Å². The lowest BCUT2D eigenvalue weighted by atomic mass is 9.99. The second-order valence-corrected chi connectivity index (χ2v) is 5.44. The minimum absolute atomic E-state index is 0.236. The molecule has 8 heavy (non-hydrogen) atoms. The summed E-state index contributed by atoms with van der Waals surface area (Å²) in [4.78, 5) is 8.90. The SMILES string of the molecule is CC(C)C(C)(C)[SiH2]O. The Bertz CT molecular complexity index is 68.9. The molecule has 0 aliphatic rings. The molecule has 0 fully saturated rings. The summed E-state index contributed by atoms with van der Waals surface area (Å²) in [6.07, 6.45) is 0. The van der Waals surface area contributed by atoms with Crippen LogP contribution in [0.4, 0.5) is 0 Å². The van der Waals surface area contributed by atoms with Crippen molar-refractivity contribution in [2.24, 2.45) is 5.92 Å². The molecule has 0 spiro atoms. The smallest absolute Gasteiger partial charge is 0.162 e. The van der Waals surface area contributed by atoms with Crippen molar-refractivity contribution in [2.45, 2.75) is 32.7 Å². The van der Waals surface area contributed by atoms with Gasteiger partial charge in [-0.15, -0.1) is 0 Å². The molecule has 0 bridgehead atoms. The molecule has 0 rings (SSSR count). The summed E-state index contributed by atoms with van der Waals surface area (Å²) < 4.78 is 0. The molecular weight excluding hydrogens is 116 g/mol. The Balaban J connectivity index is 3.71. The van der Waals surface area contributed by atoms with E-state index < -0.39 is 9.76 Å². The summed E-state index contributed by atoms with van der Waals surface area (Å²) in [5, 5.41) is 0.236. The standard InChI is InChI=1S/C6H16OSi/c1-5(2)6(3,4)8-7/h5,7H,8H2,1-4H3. The van der Waals surface area contributed by atoms with Crippen LogP contribution in [0.2, 0.25) is 5.04 Å². The van der Waals surface area contributed by atoms with Crippen molar-refractivity contribution in [2.75, 3.05) is 0 Å². The fourth-order valence-corrected chi connectivity index (χ4v) is 0.548. The number of rotatable bonds is 2. The van der Waals surface area contributed by atoms with Crippen LogP contribution in [0.15, 0.2) is 0 Å². The average Bonchev–Trinajstić information content (AvgIpc) is 1.67. The molecular formula is C6H16OSi. The molecule has 50 valence electrons. The zero-order valence-corrected chi connectivity index (χ0v) is 7.65. The van der Waals surface area contributed by atoms with Gasteiger partial charge in [0.05, 0.1) is 0 Å². The molecule has 0 saturated heterocycles. The van der Waals surface area contributed by atoms with E-state index in [0.29, 0.717) is 5.92 Å². The fraction of sp³-hybridized carbons (Fsp3) is 1.00. The molecule has 0 saturated carbocycles. The van der Waals surface area contributed by atoms with Crippen LogP contribution in [-0.4, -0.2) is 14.6 Å². The van der Waals surface area contributed by atoms with Gasteiger partial charge in [0.1, 0.15) is 0 Å². The third-order valence-corrected chi connectivity index (χ3v) is 3.60. The monoisotopic (exact) mass is 132 g/mol. The van der Waals surface area contributed by atoms with Crippen LogP contribution in [0.1, 0.15) is 27.7 Å². The highest BCUT2D eigenvalue weighted by molar-refractivity contribution is 6.30. The summed E-state index contributed by atoms with van der Waals surface area (Å²) in [5.74, 6) is 0.624. The quantitative estimate of drug-likeness (QED) is 0.554. The van der Waals surface area contributed by atoms with E-state index in [1.165, 1.54) is 0 Å². The molecule has 0 aromatic rings. The minimum Gasteiger partial charge on any atom is -0.438 e. The Kier molecular flexibility index (Phi) is 2.70. The fourth-order valence-electron chi connectivity index (χ4n) is 0.183. The first kappa shape index (κ1) is 8.18. The number of hydrogen-bond donors (Lipinski definition) is 1. The van der Waals surface area contributed by atoms with Gasteiger partial charge in [0.2, 0.25) is 0 Å². The summed E-state index contributed by atoms with van der Waals surface area (Å²) in [6, 6.07) is 0. The lowest BCUT2D eigenvalue weighted by Crippen LogP contribution is -2.18. The highest BCUT2D eigenvalue weighted by Crippen LogP contribution is 2.31. The maximum Gasteiger partial charge on any atom is 0.162 e. The van der Waals surface area contributed by atoms with Gasteiger partial charge in [-0.3, -0.25) is 0 Å². The number of hydrogen-bond acceptors (Lipinski definition) is 1. The van der Waals surface area contributed by atoms with Gasteiger partial charge < -0.3 is 4.80 Å². The Morgan fingerprint density at radius 2 is 1.75 bits per heavy atom. The summed E-state index contributed by atoms with van der Waals surface area (Å²) in [5.41, 5.74) is 0. The zero-order valence-electron chi connectivity index (χ0n) is 6.23. The van der Waals surface area contributed by atoms with Gasteiger partial charge in [0.25, 0.3) is 0 Å². The molecule has 0 aromatic heterocycles. The van der Waals surface area contributed by atoms with Crippen LogP contribution in [-0.2, 0) is 0 Å². The van der Waals surface area contributed by atoms with E-state index in [9.17, 15) is 0 Å². The first-order chi connectivity index (χ1) is 3.50. The molecule has 0 unspecified atom stereocenters. The summed E-state index contributed by atoms with van der Waals surface area (Å²) in [6.45, 7) is 8.57. The minimum atomic E-state index is -0.806. The van der Waals surface area contributed by atoms with Gasteiger partial charge in [-0.1, -0.05) is 27.7 Å². The van der Waals surface area contributed by atoms with Crippen LogP contribution in [0.5, 0.6) is 0 Å². The first-order valence-corrected chi connectivity index (χ1v) is 4.45. The molecule has 0 atom stereocenters. The molecule has 1 nitrogen and oxygen atoms in total. The molecule has 0 aliphatic heterocycles. The van der Waals surface area contributed by atoms with Crippen LogP contribution in [0, 0.1) is 5.92 Å². The molecule has 0 aliphatic carbocycles. The van der Waals surface area contributed by atoms with E-state index in [1.807, 2.05) is 0 Å². The normalized spacial score (nSPS) is 14.2. The maximum absolute atomic E-state index is 8.90. The third-order valence-electron chi connectivity index (χ3n) is 1.97. The van der Waals surface area contributed by atoms with Crippen molar-refractivity contribution >= 4 is 9.76 Å². The van der Waals surface area contributed by atoms with E-state index >= 15 is 0 Å². The molecule has 1 N–H and O–H groups in total. The Hall–Kier alpha value is 0.177. The van der Waals surface area contributed by atoms with E-state index in [-0.39, 0.29) is 5.04 Å². The second kappa shape index (κ2) is 2.64. The largest absolute Gasteiger partial charge is 0.438 e. The van der Waals surface area contributed by atoms with Gasteiger partial charge in [-0.2, -0.15) is 0 Å². The molecule has 0 heterocycles. The van der Waals surface area contributed by atoms with Gasteiger partial charge in [0.15, 0.2) is 9.76 Å². The Morgan fingerprint density at radius 1 is 1.38 bits per heavy atom. The maximum atomic E-state index is 8.90. The predicted molar refractivity (Wildman–Crippen MR) is 39.6 cm³/mol. The van der Waals surface area contributed by atoms with Gasteiger partial charge in [-0.25, -0.2) is 0 Å². The van der Waals surface area contributed by atoms with E-state index in [1.54, 1.807) is 0 Å². The van der Waals surface area contributed by atoms with Gasteiger partial charge in [-0.05, 0) is 11.0 Å². The lowest BCUT2D eigenvalue weighted by Gasteiger charge is -2.25. The van der Waals surface area contributed by atoms with Crippen molar-refractivity contribution in [1.29, 1.82) is 0 Å². The first-order valence-electron chi connectivity index (χ1n) is 3.11. The Morgan fingerprint density at radius 3 is 1.75 bits per heavy atom. The summed E-state index contributed by atoms with van der Waals surface area (Å²) in [7, 11) is -0.806. The highest BCUT2D eigenvalue weighted by Gasteiger charge is 2.20. The highest BCUT2D eigenvalue weighted by atomic mass is 28.2.